The summed E-state index contributed by atoms with van der Waals surface area (Å²) in [5, 5.41) is 22.7. The highest BCUT2D eigenvalue weighted by Crippen LogP contribution is 2.58. The van der Waals surface area contributed by atoms with E-state index in [9.17, 15) is 0 Å². The van der Waals surface area contributed by atoms with Crippen LogP contribution in [0, 0.1) is 0 Å². The molecule has 0 amide bonds. The Balaban J connectivity index is 0.000000137. The lowest BCUT2D eigenvalue weighted by molar-refractivity contribution is 0.661. The lowest BCUT2D eigenvalue weighted by Crippen LogP contribution is -2.14. The highest BCUT2D eigenvalue weighted by Gasteiger charge is 2.40. The largest absolute Gasteiger partial charge is 0.456 e. The number of fused-ring (bicyclic) bond motifs is 20. The summed E-state index contributed by atoms with van der Waals surface area (Å²) in [7, 11) is 0. The van der Waals surface area contributed by atoms with Gasteiger partial charge in [-0.25, -0.2) is 0 Å². The van der Waals surface area contributed by atoms with Gasteiger partial charge in [0.15, 0.2) is 0 Å². The number of hydrogen-bond donors (Lipinski definition) is 0. The first kappa shape index (κ1) is 64.5. The lowest BCUT2D eigenvalue weighted by atomic mass is 9.81. The van der Waals surface area contributed by atoms with Crippen molar-refractivity contribution < 1.29 is 4.42 Å². The minimum atomic E-state index is -0.0801. The Kier molecular flexibility index (Phi) is 14.5. The van der Waals surface area contributed by atoms with E-state index in [1.54, 1.807) is 0 Å². The van der Waals surface area contributed by atoms with Crippen LogP contribution in [-0.4, -0.2) is 0 Å². The van der Waals surface area contributed by atoms with Gasteiger partial charge in [0, 0.05) is 21.6 Å². The molecule has 1 heteroatoms. The van der Waals surface area contributed by atoms with Gasteiger partial charge in [-0.05, 0) is 233 Å². The minimum Gasteiger partial charge on any atom is -0.456 e. The number of hydrogen-bond acceptors (Lipinski definition) is 1. The first-order valence-electron chi connectivity index (χ1n) is 38.9. The summed E-state index contributed by atoms with van der Waals surface area (Å²) in [6, 6.07) is 139. The molecular formula is C110H74O. The summed E-state index contributed by atoms with van der Waals surface area (Å²) in [6.45, 7) is 9.49. The van der Waals surface area contributed by atoms with Crippen LogP contribution in [0.15, 0.2) is 381 Å². The molecule has 0 aliphatic heterocycles. The van der Waals surface area contributed by atoms with E-state index in [1.165, 1.54) is 209 Å². The second-order valence-electron chi connectivity index (χ2n) is 31.5. The molecule has 0 radical (unpaired) electrons. The van der Waals surface area contributed by atoms with Gasteiger partial charge in [-0.1, -0.05) is 380 Å². The van der Waals surface area contributed by atoms with Crippen LogP contribution >= 0.6 is 0 Å². The molecule has 1 nitrogen and oxygen atoms in total. The molecule has 0 N–H and O–H groups in total. The quantitative estimate of drug-likeness (QED) is 0.114. The van der Waals surface area contributed by atoms with E-state index in [0.717, 1.165) is 21.9 Å². The Morgan fingerprint density at radius 2 is 0.486 bits per heavy atom. The summed E-state index contributed by atoms with van der Waals surface area (Å²) < 4.78 is 6.22. The van der Waals surface area contributed by atoms with E-state index in [-0.39, 0.29) is 10.8 Å². The molecule has 1 heterocycles. The second kappa shape index (κ2) is 24.9. The smallest absolute Gasteiger partial charge is 0.135 e. The van der Waals surface area contributed by atoms with Gasteiger partial charge in [0.05, 0.1) is 0 Å². The molecule has 1 aromatic heterocycles. The Morgan fingerprint density at radius 3 is 0.982 bits per heavy atom. The fourth-order valence-corrected chi connectivity index (χ4v) is 19.7. The molecule has 0 unspecified atom stereocenters. The van der Waals surface area contributed by atoms with Crippen molar-refractivity contribution in [2.75, 3.05) is 0 Å². The zero-order valence-corrected chi connectivity index (χ0v) is 62.2. The molecule has 0 spiro atoms. The molecule has 0 saturated carbocycles. The monoisotopic (exact) mass is 1410 g/mol. The van der Waals surface area contributed by atoms with Crippen molar-refractivity contribution >= 4 is 108 Å². The number of para-hydroxylation sites is 1. The zero-order valence-electron chi connectivity index (χ0n) is 62.2. The third kappa shape index (κ3) is 9.88. The molecule has 0 atom stereocenters. The Bertz CT molecular complexity index is 7370. The van der Waals surface area contributed by atoms with Crippen molar-refractivity contribution in [1.82, 2.24) is 0 Å². The Labute approximate surface area is 645 Å². The van der Waals surface area contributed by atoms with Crippen LogP contribution in [0.2, 0.25) is 0 Å². The van der Waals surface area contributed by atoms with Crippen LogP contribution < -0.4 is 0 Å². The van der Waals surface area contributed by atoms with Crippen molar-refractivity contribution in [3.63, 3.8) is 0 Å². The van der Waals surface area contributed by atoms with E-state index in [2.05, 4.69) is 392 Å². The number of rotatable bonds is 7. The van der Waals surface area contributed by atoms with E-state index in [4.69, 9.17) is 4.42 Å². The lowest BCUT2D eigenvalue weighted by Gasteiger charge is -2.22. The van der Waals surface area contributed by atoms with Gasteiger partial charge >= 0.3 is 0 Å². The maximum Gasteiger partial charge on any atom is 0.135 e. The molecule has 21 aromatic rings. The highest BCUT2D eigenvalue weighted by molar-refractivity contribution is 6.25. The standard InChI is InChI=1S/C57H38O.C53H36/c1-57(2)49-24-13-23-41(55(49)56-40-16-4-3-14-35(40)30-32-50(56)57)36-26-28-37(29-27-36)53-44-19-7-9-21-46(44)54(47-22-10-8-20-45(47)53)43-18-6-5-15-39(43)38-31-33-52-48(34-38)42-17-11-12-25-51(42)58-52;1-53(2)47-21-11-20-42(51(47)52-41-15-6-4-13-34(41)29-31-48(52)53)35-22-25-36(26-23-35)49-43-16-7-9-18-45(43)50(46-19-10-8-17-44(46)49)38-28-30-40-37(32-38)27-24-33-12-3-5-14-39(33)40/h3-34H,1-2H3;3-32H,1-2H3. The first-order chi connectivity index (χ1) is 54.6. The summed E-state index contributed by atoms with van der Waals surface area (Å²) in [5.41, 5.74) is 30.3. The molecule has 0 bridgehead atoms. The molecule has 520 valence electrons. The molecule has 2 aliphatic rings. The molecule has 0 fully saturated rings. The van der Waals surface area contributed by atoms with Crippen LogP contribution in [0.4, 0.5) is 0 Å². The van der Waals surface area contributed by atoms with Crippen LogP contribution in [0.5, 0.6) is 0 Å². The van der Waals surface area contributed by atoms with Gasteiger partial charge in [0.2, 0.25) is 0 Å². The third-order valence-electron chi connectivity index (χ3n) is 24.9. The fourth-order valence-electron chi connectivity index (χ4n) is 19.7. The molecule has 2 aliphatic carbocycles. The normalized spacial score (nSPS) is 13.2. The second-order valence-corrected chi connectivity index (χ2v) is 31.5. The van der Waals surface area contributed by atoms with E-state index >= 15 is 0 Å². The Morgan fingerprint density at radius 1 is 0.162 bits per heavy atom. The fraction of sp³-hybridized carbons (Fsp3) is 0.0545. The van der Waals surface area contributed by atoms with Gasteiger partial charge in [0.1, 0.15) is 11.2 Å². The van der Waals surface area contributed by atoms with E-state index in [1.807, 2.05) is 12.1 Å². The predicted octanol–water partition coefficient (Wildman–Crippen LogP) is 30.8. The van der Waals surface area contributed by atoms with Gasteiger partial charge in [-0.2, -0.15) is 0 Å². The molecular weight excluding hydrogens is 1340 g/mol. The van der Waals surface area contributed by atoms with Crippen molar-refractivity contribution in [3.8, 4) is 100 Å². The first-order valence-corrected chi connectivity index (χ1v) is 38.9. The van der Waals surface area contributed by atoms with Crippen LogP contribution in [-0.2, 0) is 10.8 Å². The summed E-state index contributed by atoms with van der Waals surface area (Å²) in [4.78, 5) is 0. The summed E-state index contributed by atoms with van der Waals surface area (Å²) in [5.74, 6) is 0. The maximum atomic E-state index is 6.22. The molecule has 0 saturated heterocycles. The van der Waals surface area contributed by atoms with Crippen molar-refractivity contribution in [1.29, 1.82) is 0 Å². The van der Waals surface area contributed by atoms with Gasteiger partial charge in [0.25, 0.3) is 0 Å². The average molecular weight is 1410 g/mol. The van der Waals surface area contributed by atoms with Crippen molar-refractivity contribution in [3.05, 3.63) is 398 Å². The summed E-state index contributed by atoms with van der Waals surface area (Å²) in [6.07, 6.45) is 0. The van der Waals surface area contributed by atoms with Crippen LogP contribution in [0.1, 0.15) is 49.9 Å². The minimum absolute atomic E-state index is 0.0664. The third-order valence-corrected chi connectivity index (χ3v) is 24.9. The van der Waals surface area contributed by atoms with Gasteiger partial charge in [-0.3, -0.25) is 0 Å². The molecule has 20 aromatic carbocycles. The molecule has 23 rings (SSSR count). The topological polar surface area (TPSA) is 13.1 Å². The Hall–Kier alpha value is -13.7. The van der Waals surface area contributed by atoms with E-state index in [0.29, 0.717) is 0 Å². The van der Waals surface area contributed by atoms with Crippen LogP contribution in [0.3, 0.4) is 0 Å². The van der Waals surface area contributed by atoms with E-state index < -0.39 is 0 Å². The van der Waals surface area contributed by atoms with Crippen LogP contribution in [0.25, 0.3) is 208 Å². The van der Waals surface area contributed by atoms with Gasteiger partial charge in [-0.15, -0.1) is 0 Å². The average Bonchev–Trinajstić information content (AvgIpc) is 1.58. The SMILES string of the molecule is CC1(C)c2cccc(-c3ccc(-c4c5ccccc5c(-c5ccc6c(ccc7ccccc76)c5)c5ccccc45)cc3)c2-c2c1ccc1ccccc21.CC1(C)c2cccc(-c3ccc(-c4c5ccccc5c(-c5ccccc5-c5ccc6oc7ccccc7c6c5)c5ccccc45)cc3)c2-c2c1ccc1ccccc21. The number of furan rings is 1. The number of benzene rings is 20. The van der Waals surface area contributed by atoms with Crippen molar-refractivity contribution in [2.24, 2.45) is 0 Å². The van der Waals surface area contributed by atoms with Crippen molar-refractivity contribution in [2.45, 2.75) is 38.5 Å². The van der Waals surface area contributed by atoms with Gasteiger partial charge < -0.3 is 4.42 Å². The summed E-state index contributed by atoms with van der Waals surface area (Å²) >= 11 is 0. The predicted molar refractivity (Wildman–Crippen MR) is 473 cm³/mol. The highest BCUT2D eigenvalue weighted by atomic mass is 16.3. The zero-order chi connectivity index (χ0) is 73.8. The molecule has 111 heavy (non-hydrogen) atoms. The maximum absolute atomic E-state index is 6.22.